The first-order chi connectivity index (χ1) is 8.79. The molecule has 0 fully saturated rings. The maximum atomic E-state index is 5.47. The average Bonchev–Trinajstić information content (AvgIpc) is 2.78. The Labute approximate surface area is 107 Å². The normalized spacial score (nSPS) is 18.0. The molecule has 1 aromatic carbocycles. The number of para-hydroxylation sites is 1. The summed E-state index contributed by atoms with van der Waals surface area (Å²) in [4.78, 5) is 4.49. The van der Waals surface area contributed by atoms with E-state index in [-0.39, 0.29) is 0 Å². The second-order valence-corrected chi connectivity index (χ2v) is 4.59. The molecule has 0 radical (unpaired) electrons. The Hall–Kier alpha value is -1.97. The predicted octanol–water partition coefficient (Wildman–Crippen LogP) is 2.61. The minimum absolute atomic E-state index is 0.304. The third-order valence-electron chi connectivity index (χ3n) is 3.39. The number of benzene rings is 1. The van der Waals surface area contributed by atoms with Crippen LogP contribution in [0.2, 0.25) is 0 Å². The molecule has 3 rings (SSSR count). The number of imidazole rings is 1. The molecule has 0 saturated carbocycles. The van der Waals surface area contributed by atoms with Crippen molar-refractivity contribution in [3.05, 3.63) is 41.7 Å². The summed E-state index contributed by atoms with van der Waals surface area (Å²) in [5, 5.41) is 3.33. The Bertz CT molecular complexity index is 562. The lowest BCUT2D eigenvalue weighted by Gasteiger charge is -2.27. The van der Waals surface area contributed by atoms with Crippen molar-refractivity contribution in [3.63, 3.8) is 0 Å². The standard InChI is InChI=1S/C14H17N3O/c1-10-9-17-12(7-8-15-14(17)16-10)11-5-3-4-6-13(11)18-2/h3-6,9,12H,7-8H2,1-2H3,(H,15,16). The van der Waals surface area contributed by atoms with Gasteiger partial charge in [-0.05, 0) is 19.4 Å². The van der Waals surface area contributed by atoms with E-state index in [0.29, 0.717) is 6.04 Å². The number of nitrogens with zero attached hydrogens (tertiary/aromatic N) is 2. The fourth-order valence-corrected chi connectivity index (χ4v) is 2.59. The summed E-state index contributed by atoms with van der Waals surface area (Å²) in [6.45, 7) is 2.96. The molecule has 2 heterocycles. The van der Waals surface area contributed by atoms with Crippen molar-refractivity contribution in [2.45, 2.75) is 19.4 Å². The molecule has 18 heavy (non-hydrogen) atoms. The number of ether oxygens (including phenoxy) is 1. The van der Waals surface area contributed by atoms with Crippen molar-refractivity contribution in [2.75, 3.05) is 19.0 Å². The van der Waals surface area contributed by atoms with Gasteiger partial charge in [0.25, 0.3) is 0 Å². The Balaban J connectivity index is 2.08. The first-order valence-corrected chi connectivity index (χ1v) is 6.22. The van der Waals surface area contributed by atoms with E-state index in [1.54, 1.807) is 7.11 Å². The highest BCUT2D eigenvalue weighted by Gasteiger charge is 2.24. The monoisotopic (exact) mass is 243 g/mol. The molecule has 0 spiro atoms. The zero-order valence-corrected chi connectivity index (χ0v) is 10.7. The molecule has 1 unspecified atom stereocenters. The van der Waals surface area contributed by atoms with Gasteiger partial charge >= 0.3 is 0 Å². The fraction of sp³-hybridized carbons (Fsp3) is 0.357. The second kappa shape index (κ2) is 4.37. The highest BCUT2D eigenvalue weighted by Crippen LogP contribution is 2.34. The van der Waals surface area contributed by atoms with E-state index in [1.165, 1.54) is 5.56 Å². The van der Waals surface area contributed by atoms with E-state index in [0.717, 1.165) is 30.4 Å². The third-order valence-corrected chi connectivity index (χ3v) is 3.39. The van der Waals surface area contributed by atoms with E-state index in [9.17, 15) is 0 Å². The van der Waals surface area contributed by atoms with Gasteiger partial charge in [-0.3, -0.25) is 0 Å². The van der Waals surface area contributed by atoms with Gasteiger partial charge in [0.1, 0.15) is 5.75 Å². The quantitative estimate of drug-likeness (QED) is 0.881. The molecule has 2 aromatic rings. The molecule has 0 bridgehead atoms. The minimum Gasteiger partial charge on any atom is -0.496 e. The number of aryl methyl sites for hydroxylation is 1. The lowest BCUT2D eigenvalue weighted by atomic mass is 10.0. The van der Waals surface area contributed by atoms with Gasteiger partial charge in [-0.15, -0.1) is 0 Å². The number of methoxy groups -OCH3 is 1. The third kappa shape index (κ3) is 1.74. The first-order valence-electron chi connectivity index (χ1n) is 6.22. The SMILES string of the molecule is COc1ccccc1C1CCNc2nc(C)cn21. The maximum absolute atomic E-state index is 5.47. The number of fused-ring (bicyclic) bond motifs is 1. The van der Waals surface area contributed by atoms with Gasteiger partial charge < -0.3 is 14.6 Å². The first kappa shape index (κ1) is 11.1. The molecular formula is C14H17N3O. The highest BCUT2D eigenvalue weighted by atomic mass is 16.5. The molecule has 1 atom stereocenters. The van der Waals surface area contributed by atoms with Crippen LogP contribution in [0.5, 0.6) is 5.75 Å². The Morgan fingerprint density at radius 1 is 1.39 bits per heavy atom. The molecule has 1 aliphatic heterocycles. The molecule has 0 saturated heterocycles. The van der Waals surface area contributed by atoms with Gasteiger partial charge in [0.2, 0.25) is 5.95 Å². The molecule has 1 aromatic heterocycles. The zero-order chi connectivity index (χ0) is 12.5. The molecule has 1 N–H and O–H groups in total. The zero-order valence-electron chi connectivity index (χ0n) is 10.7. The molecular weight excluding hydrogens is 226 g/mol. The largest absolute Gasteiger partial charge is 0.496 e. The number of nitrogens with one attached hydrogen (secondary N) is 1. The summed E-state index contributed by atoms with van der Waals surface area (Å²) in [5.74, 6) is 1.90. The van der Waals surface area contributed by atoms with Gasteiger partial charge in [0, 0.05) is 18.3 Å². The molecule has 0 aliphatic carbocycles. The molecule has 94 valence electrons. The Morgan fingerprint density at radius 2 is 2.22 bits per heavy atom. The van der Waals surface area contributed by atoms with Gasteiger partial charge in [0.15, 0.2) is 0 Å². The number of anilines is 1. The van der Waals surface area contributed by atoms with E-state index >= 15 is 0 Å². The minimum atomic E-state index is 0.304. The predicted molar refractivity (Wildman–Crippen MR) is 71.2 cm³/mol. The molecule has 4 heteroatoms. The van der Waals surface area contributed by atoms with Gasteiger partial charge in [-0.25, -0.2) is 4.98 Å². The summed E-state index contributed by atoms with van der Waals surface area (Å²) < 4.78 is 7.67. The van der Waals surface area contributed by atoms with Crippen LogP contribution in [-0.4, -0.2) is 23.2 Å². The molecule has 4 nitrogen and oxygen atoms in total. The van der Waals surface area contributed by atoms with Gasteiger partial charge in [-0.1, -0.05) is 18.2 Å². The second-order valence-electron chi connectivity index (χ2n) is 4.59. The lowest BCUT2D eigenvalue weighted by Crippen LogP contribution is -2.23. The van der Waals surface area contributed by atoms with E-state index in [2.05, 4.69) is 33.2 Å². The van der Waals surface area contributed by atoms with Crippen molar-refractivity contribution in [3.8, 4) is 5.75 Å². The summed E-state index contributed by atoms with van der Waals surface area (Å²) in [6.07, 6.45) is 3.14. The smallest absolute Gasteiger partial charge is 0.203 e. The number of hydrogen-bond donors (Lipinski definition) is 1. The van der Waals surface area contributed by atoms with Crippen LogP contribution in [-0.2, 0) is 0 Å². The lowest BCUT2D eigenvalue weighted by molar-refractivity contribution is 0.397. The van der Waals surface area contributed by atoms with Crippen LogP contribution in [0, 0.1) is 6.92 Å². The van der Waals surface area contributed by atoms with Crippen molar-refractivity contribution < 1.29 is 4.74 Å². The van der Waals surface area contributed by atoms with Crippen LogP contribution in [0.4, 0.5) is 5.95 Å². The number of hydrogen-bond acceptors (Lipinski definition) is 3. The van der Waals surface area contributed by atoms with Gasteiger partial charge in [-0.2, -0.15) is 0 Å². The Morgan fingerprint density at radius 3 is 3.06 bits per heavy atom. The van der Waals surface area contributed by atoms with Crippen LogP contribution in [0.3, 0.4) is 0 Å². The van der Waals surface area contributed by atoms with Crippen LogP contribution in [0.15, 0.2) is 30.5 Å². The summed E-state index contributed by atoms with van der Waals surface area (Å²) in [5.41, 5.74) is 2.26. The highest BCUT2D eigenvalue weighted by molar-refractivity contribution is 5.41. The maximum Gasteiger partial charge on any atom is 0.203 e. The van der Waals surface area contributed by atoms with Crippen molar-refractivity contribution in [2.24, 2.45) is 0 Å². The Kier molecular flexibility index (Phi) is 2.70. The summed E-state index contributed by atoms with van der Waals surface area (Å²) in [7, 11) is 1.72. The van der Waals surface area contributed by atoms with E-state index in [4.69, 9.17) is 4.74 Å². The van der Waals surface area contributed by atoms with Crippen LogP contribution < -0.4 is 10.1 Å². The number of rotatable bonds is 2. The van der Waals surface area contributed by atoms with Crippen molar-refractivity contribution in [1.82, 2.24) is 9.55 Å². The fourth-order valence-electron chi connectivity index (χ4n) is 2.59. The summed E-state index contributed by atoms with van der Waals surface area (Å²) >= 11 is 0. The number of aromatic nitrogens is 2. The average molecular weight is 243 g/mol. The van der Waals surface area contributed by atoms with Crippen molar-refractivity contribution >= 4 is 5.95 Å². The molecule has 1 aliphatic rings. The van der Waals surface area contributed by atoms with E-state index < -0.39 is 0 Å². The van der Waals surface area contributed by atoms with Crippen LogP contribution in [0.25, 0.3) is 0 Å². The molecule has 0 amide bonds. The van der Waals surface area contributed by atoms with Crippen molar-refractivity contribution in [1.29, 1.82) is 0 Å². The van der Waals surface area contributed by atoms with Crippen LogP contribution in [0.1, 0.15) is 23.7 Å². The van der Waals surface area contributed by atoms with Crippen LogP contribution >= 0.6 is 0 Å². The summed E-state index contributed by atoms with van der Waals surface area (Å²) in [6, 6.07) is 8.51. The van der Waals surface area contributed by atoms with E-state index in [1.807, 2.05) is 19.1 Å². The topological polar surface area (TPSA) is 39.1 Å². The van der Waals surface area contributed by atoms with Gasteiger partial charge in [0.05, 0.1) is 18.8 Å².